The van der Waals surface area contributed by atoms with Crippen molar-refractivity contribution in [3.63, 3.8) is 0 Å². The number of rotatable bonds is 1. The van der Waals surface area contributed by atoms with Crippen LogP contribution in [0.25, 0.3) is 0 Å². The summed E-state index contributed by atoms with van der Waals surface area (Å²) < 4.78 is 0. The summed E-state index contributed by atoms with van der Waals surface area (Å²) >= 11 is 1.66. The highest BCUT2D eigenvalue weighted by Gasteiger charge is 2.22. The van der Waals surface area contributed by atoms with Crippen LogP contribution in [0.3, 0.4) is 0 Å². The molecule has 0 unspecified atom stereocenters. The Morgan fingerprint density at radius 3 is 2.77 bits per heavy atom. The van der Waals surface area contributed by atoms with Gasteiger partial charge in [-0.3, -0.25) is 0 Å². The number of aromatic carboxylic acids is 1. The molecular formula is C10H12O2S. The number of hydrogen-bond donors (Lipinski definition) is 1. The Labute approximate surface area is 81.2 Å². The molecule has 0 atom stereocenters. The highest BCUT2D eigenvalue weighted by molar-refractivity contribution is 7.12. The first kappa shape index (κ1) is 8.75. The average Bonchev–Trinajstić information content (AvgIpc) is 2.39. The van der Waals surface area contributed by atoms with Crippen LogP contribution < -0.4 is 0 Å². The van der Waals surface area contributed by atoms with E-state index in [4.69, 9.17) is 5.11 Å². The number of thiophene rings is 1. The minimum atomic E-state index is -0.753. The van der Waals surface area contributed by atoms with E-state index >= 15 is 0 Å². The number of hydrogen-bond acceptors (Lipinski definition) is 2. The van der Waals surface area contributed by atoms with Gasteiger partial charge in [-0.15, -0.1) is 11.3 Å². The van der Waals surface area contributed by atoms with Gasteiger partial charge in [0.1, 0.15) is 0 Å². The molecule has 0 fully saturated rings. The third-order valence-electron chi connectivity index (χ3n) is 2.56. The lowest BCUT2D eigenvalue weighted by molar-refractivity contribution is 0.0695. The fourth-order valence-electron chi connectivity index (χ4n) is 1.98. The second-order valence-corrected chi connectivity index (χ2v) is 4.76. The monoisotopic (exact) mass is 196 g/mol. The molecule has 13 heavy (non-hydrogen) atoms. The number of fused-ring (bicyclic) bond motifs is 1. The van der Waals surface area contributed by atoms with Gasteiger partial charge in [0.05, 0.1) is 5.56 Å². The topological polar surface area (TPSA) is 37.3 Å². The van der Waals surface area contributed by atoms with Crippen molar-refractivity contribution in [3.8, 4) is 0 Å². The maximum atomic E-state index is 11.0. The Bertz CT molecular complexity index is 352. The van der Waals surface area contributed by atoms with Crippen molar-refractivity contribution in [3.05, 3.63) is 20.9 Å². The Morgan fingerprint density at radius 2 is 2.08 bits per heavy atom. The molecule has 2 nitrogen and oxygen atoms in total. The van der Waals surface area contributed by atoms with Crippen LogP contribution in [0.4, 0.5) is 0 Å². The molecule has 0 bridgehead atoms. The van der Waals surface area contributed by atoms with E-state index in [0.29, 0.717) is 5.56 Å². The second-order valence-electron chi connectivity index (χ2n) is 3.45. The Hall–Kier alpha value is -0.830. The lowest BCUT2D eigenvalue weighted by atomic mass is 9.95. The van der Waals surface area contributed by atoms with Gasteiger partial charge in [-0.25, -0.2) is 4.79 Å². The second kappa shape index (κ2) is 3.14. The SMILES string of the molecule is Cc1sc2c(c1C(=O)O)CCCC2. The summed E-state index contributed by atoms with van der Waals surface area (Å²) in [5, 5.41) is 9.02. The van der Waals surface area contributed by atoms with Crippen molar-refractivity contribution in [2.45, 2.75) is 32.6 Å². The Balaban J connectivity index is 2.54. The predicted molar refractivity (Wildman–Crippen MR) is 52.7 cm³/mol. The van der Waals surface area contributed by atoms with E-state index in [1.807, 2.05) is 6.92 Å². The normalized spacial score (nSPS) is 15.5. The summed E-state index contributed by atoms with van der Waals surface area (Å²) in [6.45, 7) is 1.91. The predicted octanol–water partition coefficient (Wildman–Crippen LogP) is 2.63. The van der Waals surface area contributed by atoms with Crippen molar-refractivity contribution in [1.82, 2.24) is 0 Å². The molecule has 0 aromatic carbocycles. The Kier molecular flexibility index (Phi) is 2.12. The fraction of sp³-hybridized carbons (Fsp3) is 0.500. The lowest BCUT2D eigenvalue weighted by Crippen LogP contribution is -2.05. The van der Waals surface area contributed by atoms with Crippen molar-refractivity contribution in [2.75, 3.05) is 0 Å². The zero-order valence-corrected chi connectivity index (χ0v) is 8.41. The van der Waals surface area contributed by atoms with Gasteiger partial charge in [-0.05, 0) is 38.2 Å². The van der Waals surface area contributed by atoms with Crippen LogP contribution in [0.15, 0.2) is 0 Å². The molecule has 0 aliphatic heterocycles. The molecule has 0 saturated heterocycles. The summed E-state index contributed by atoms with van der Waals surface area (Å²) in [4.78, 5) is 13.2. The third kappa shape index (κ3) is 1.37. The van der Waals surface area contributed by atoms with Gasteiger partial charge in [0.2, 0.25) is 0 Å². The van der Waals surface area contributed by atoms with Crippen molar-refractivity contribution in [2.24, 2.45) is 0 Å². The maximum Gasteiger partial charge on any atom is 0.337 e. The van der Waals surface area contributed by atoms with Crippen LogP contribution in [0, 0.1) is 6.92 Å². The van der Waals surface area contributed by atoms with Gasteiger partial charge in [0, 0.05) is 9.75 Å². The van der Waals surface area contributed by atoms with E-state index in [-0.39, 0.29) is 0 Å². The molecular weight excluding hydrogens is 184 g/mol. The van der Waals surface area contributed by atoms with Gasteiger partial charge in [-0.1, -0.05) is 0 Å². The third-order valence-corrected chi connectivity index (χ3v) is 3.77. The van der Waals surface area contributed by atoms with Crippen molar-refractivity contribution < 1.29 is 9.90 Å². The molecule has 1 heterocycles. The van der Waals surface area contributed by atoms with E-state index in [1.54, 1.807) is 11.3 Å². The van der Waals surface area contributed by atoms with Gasteiger partial charge < -0.3 is 5.11 Å². The zero-order valence-electron chi connectivity index (χ0n) is 7.59. The molecule has 3 heteroatoms. The summed E-state index contributed by atoms with van der Waals surface area (Å²) in [7, 11) is 0. The highest BCUT2D eigenvalue weighted by Crippen LogP contribution is 2.33. The number of carboxylic acid groups (broad SMARTS) is 1. The largest absolute Gasteiger partial charge is 0.478 e. The van der Waals surface area contributed by atoms with Crippen LogP contribution >= 0.6 is 11.3 Å². The van der Waals surface area contributed by atoms with Crippen LogP contribution in [0.5, 0.6) is 0 Å². The van der Waals surface area contributed by atoms with Crippen LogP contribution in [0.2, 0.25) is 0 Å². The van der Waals surface area contributed by atoms with Crippen molar-refractivity contribution in [1.29, 1.82) is 0 Å². The summed E-state index contributed by atoms with van der Waals surface area (Å²) in [6, 6.07) is 0. The minimum absolute atomic E-state index is 0.583. The lowest BCUT2D eigenvalue weighted by Gasteiger charge is -2.10. The molecule has 2 rings (SSSR count). The molecule has 0 radical (unpaired) electrons. The summed E-state index contributed by atoms with van der Waals surface area (Å²) in [5.74, 6) is -0.753. The summed E-state index contributed by atoms with van der Waals surface area (Å²) in [5.41, 5.74) is 1.70. The van der Waals surface area contributed by atoms with Crippen LogP contribution in [-0.4, -0.2) is 11.1 Å². The molecule has 0 spiro atoms. The first-order valence-electron chi connectivity index (χ1n) is 4.54. The maximum absolute atomic E-state index is 11.0. The minimum Gasteiger partial charge on any atom is -0.478 e. The van der Waals surface area contributed by atoms with Gasteiger partial charge >= 0.3 is 5.97 Å². The molecule has 1 aliphatic rings. The first-order valence-corrected chi connectivity index (χ1v) is 5.36. The molecule has 0 saturated carbocycles. The van der Waals surface area contributed by atoms with E-state index in [0.717, 1.165) is 29.7 Å². The molecule has 1 aliphatic carbocycles. The number of carbonyl (C=O) groups is 1. The van der Waals surface area contributed by atoms with Gasteiger partial charge in [-0.2, -0.15) is 0 Å². The molecule has 1 aromatic rings. The first-order chi connectivity index (χ1) is 6.20. The summed E-state index contributed by atoms with van der Waals surface area (Å²) in [6.07, 6.45) is 4.39. The van der Waals surface area contributed by atoms with E-state index in [2.05, 4.69) is 0 Å². The Morgan fingerprint density at radius 1 is 1.38 bits per heavy atom. The standard InChI is InChI=1S/C10H12O2S/c1-6-9(10(11)12)7-4-2-3-5-8(7)13-6/h2-5H2,1H3,(H,11,12). The molecule has 70 valence electrons. The van der Waals surface area contributed by atoms with E-state index in [1.165, 1.54) is 11.3 Å². The number of carboxylic acids is 1. The van der Waals surface area contributed by atoms with Crippen molar-refractivity contribution >= 4 is 17.3 Å². The smallest absolute Gasteiger partial charge is 0.337 e. The zero-order chi connectivity index (χ0) is 9.42. The van der Waals surface area contributed by atoms with Gasteiger partial charge in [0.15, 0.2) is 0 Å². The van der Waals surface area contributed by atoms with Gasteiger partial charge in [0.25, 0.3) is 0 Å². The average molecular weight is 196 g/mol. The molecule has 0 amide bonds. The highest BCUT2D eigenvalue weighted by atomic mass is 32.1. The van der Waals surface area contributed by atoms with Crippen LogP contribution in [-0.2, 0) is 12.8 Å². The fourth-order valence-corrected chi connectivity index (χ4v) is 3.24. The number of aryl methyl sites for hydroxylation is 2. The van der Waals surface area contributed by atoms with Crippen LogP contribution in [0.1, 0.15) is 38.5 Å². The molecule has 1 aromatic heterocycles. The molecule has 1 N–H and O–H groups in total. The quantitative estimate of drug-likeness (QED) is 0.749. The van der Waals surface area contributed by atoms with E-state index < -0.39 is 5.97 Å². The van der Waals surface area contributed by atoms with E-state index in [9.17, 15) is 4.79 Å².